The Labute approximate surface area is 94.7 Å². The van der Waals surface area contributed by atoms with E-state index < -0.39 is 23.7 Å². The van der Waals surface area contributed by atoms with E-state index in [0.29, 0.717) is 5.52 Å². The Morgan fingerprint density at radius 3 is 2.59 bits per heavy atom. The summed E-state index contributed by atoms with van der Waals surface area (Å²) < 4.78 is 26.8. The molecule has 2 aromatic rings. The smallest absolute Gasteiger partial charge is 0.338 e. The van der Waals surface area contributed by atoms with Gasteiger partial charge in [-0.15, -0.1) is 0 Å². The molecule has 90 valence electrons. The van der Waals surface area contributed by atoms with Crippen LogP contribution in [-0.4, -0.2) is 20.7 Å². The van der Waals surface area contributed by atoms with Gasteiger partial charge in [0.15, 0.2) is 0 Å². The largest absolute Gasteiger partial charge is 0.508 e. The zero-order chi connectivity index (χ0) is 12.7. The maximum absolute atomic E-state index is 12.8. The first kappa shape index (κ1) is 11.4. The van der Waals surface area contributed by atoms with Gasteiger partial charge in [0, 0.05) is 18.0 Å². The van der Waals surface area contributed by atoms with E-state index in [1.165, 1.54) is 25.2 Å². The zero-order valence-corrected chi connectivity index (χ0v) is 8.82. The summed E-state index contributed by atoms with van der Waals surface area (Å²) in [6.07, 6.45) is -2.89. The van der Waals surface area contributed by atoms with Gasteiger partial charge in [0.25, 0.3) is 6.43 Å². The van der Waals surface area contributed by atoms with Crippen molar-refractivity contribution in [2.75, 3.05) is 0 Å². The molecule has 1 aromatic heterocycles. The van der Waals surface area contributed by atoms with Crippen LogP contribution in [-0.2, 0) is 7.05 Å². The third-order valence-electron chi connectivity index (χ3n) is 2.65. The number of phenols is 1. The van der Waals surface area contributed by atoms with Crippen LogP contribution >= 0.6 is 0 Å². The Morgan fingerprint density at radius 2 is 2.06 bits per heavy atom. The van der Waals surface area contributed by atoms with Crippen molar-refractivity contribution in [2.45, 2.75) is 6.43 Å². The van der Waals surface area contributed by atoms with Crippen LogP contribution in [0.3, 0.4) is 0 Å². The summed E-state index contributed by atoms with van der Waals surface area (Å²) in [5.74, 6) is -1.59. The predicted octanol–water partition coefficient (Wildman–Crippen LogP) is 2.52. The number of halogens is 2. The van der Waals surface area contributed by atoms with E-state index in [9.17, 15) is 18.7 Å². The highest BCUT2D eigenvalue weighted by Gasteiger charge is 2.26. The summed E-state index contributed by atoms with van der Waals surface area (Å²) in [7, 11) is 1.37. The van der Waals surface area contributed by atoms with Crippen molar-refractivity contribution in [3.8, 4) is 5.75 Å². The molecule has 0 spiro atoms. The standard InChI is InChI=1S/C11H9F2NO3/c1-14-7-3-2-5(15)4-6(7)8(11(16)17)9(14)10(12)13/h2-4,10,15H,1H3,(H,16,17). The Kier molecular flexibility index (Phi) is 2.49. The number of benzene rings is 1. The third kappa shape index (κ3) is 1.61. The molecule has 0 radical (unpaired) electrons. The summed E-state index contributed by atoms with van der Waals surface area (Å²) in [6.45, 7) is 0. The number of aromatic nitrogens is 1. The number of carbonyl (C=O) groups is 1. The molecule has 0 aliphatic heterocycles. The van der Waals surface area contributed by atoms with E-state index in [-0.39, 0.29) is 11.1 Å². The Hall–Kier alpha value is -2.11. The summed E-state index contributed by atoms with van der Waals surface area (Å²) >= 11 is 0. The number of phenolic OH excluding ortho intramolecular Hbond substituents is 1. The van der Waals surface area contributed by atoms with Crippen molar-refractivity contribution in [1.82, 2.24) is 4.57 Å². The topological polar surface area (TPSA) is 62.5 Å². The van der Waals surface area contributed by atoms with Crippen LogP contribution < -0.4 is 0 Å². The van der Waals surface area contributed by atoms with Gasteiger partial charge >= 0.3 is 5.97 Å². The number of fused-ring (bicyclic) bond motifs is 1. The van der Waals surface area contributed by atoms with Gasteiger partial charge in [-0.1, -0.05) is 0 Å². The van der Waals surface area contributed by atoms with E-state index in [1.807, 2.05) is 0 Å². The maximum atomic E-state index is 12.8. The van der Waals surface area contributed by atoms with Gasteiger partial charge in [0.05, 0.1) is 11.3 Å². The minimum absolute atomic E-state index is 0.107. The SMILES string of the molecule is Cn1c(C(F)F)c(C(=O)O)c2cc(O)ccc21. The number of hydrogen-bond acceptors (Lipinski definition) is 2. The highest BCUT2D eigenvalue weighted by atomic mass is 19.3. The number of aromatic carboxylic acids is 1. The average molecular weight is 241 g/mol. The molecule has 2 N–H and O–H groups in total. The van der Waals surface area contributed by atoms with Crippen molar-refractivity contribution in [3.63, 3.8) is 0 Å². The van der Waals surface area contributed by atoms with Gasteiger partial charge in [-0.25, -0.2) is 13.6 Å². The highest BCUT2D eigenvalue weighted by molar-refractivity contribution is 6.05. The minimum atomic E-state index is -2.89. The van der Waals surface area contributed by atoms with Gasteiger partial charge < -0.3 is 14.8 Å². The molecular weight excluding hydrogens is 232 g/mol. The number of alkyl halides is 2. The molecule has 4 nitrogen and oxygen atoms in total. The monoisotopic (exact) mass is 241 g/mol. The lowest BCUT2D eigenvalue weighted by Gasteiger charge is -2.03. The molecule has 1 aromatic carbocycles. The molecule has 2 rings (SSSR count). The van der Waals surface area contributed by atoms with Crippen LogP contribution in [0.25, 0.3) is 10.9 Å². The Morgan fingerprint density at radius 1 is 1.41 bits per heavy atom. The van der Waals surface area contributed by atoms with E-state index in [1.54, 1.807) is 0 Å². The van der Waals surface area contributed by atoms with Crippen molar-refractivity contribution in [1.29, 1.82) is 0 Å². The van der Waals surface area contributed by atoms with Crippen LogP contribution in [0.4, 0.5) is 8.78 Å². The number of carboxylic acids is 1. The van der Waals surface area contributed by atoms with Crippen molar-refractivity contribution >= 4 is 16.9 Å². The maximum Gasteiger partial charge on any atom is 0.338 e. The molecule has 1 heterocycles. The van der Waals surface area contributed by atoms with Crippen LogP contribution in [0.2, 0.25) is 0 Å². The van der Waals surface area contributed by atoms with Crippen molar-refractivity contribution in [3.05, 3.63) is 29.5 Å². The number of rotatable bonds is 2. The molecule has 0 unspecified atom stereocenters. The summed E-state index contributed by atoms with van der Waals surface area (Å²) in [5.41, 5.74) is -0.679. The number of hydrogen-bond donors (Lipinski definition) is 2. The fourth-order valence-electron chi connectivity index (χ4n) is 1.93. The van der Waals surface area contributed by atoms with Crippen LogP contribution in [0.15, 0.2) is 18.2 Å². The van der Waals surface area contributed by atoms with Gasteiger partial charge in [0.2, 0.25) is 0 Å². The summed E-state index contributed by atoms with van der Waals surface area (Å²) in [5, 5.41) is 18.4. The van der Waals surface area contributed by atoms with Gasteiger partial charge in [-0.2, -0.15) is 0 Å². The molecule has 17 heavy (non-hydrogen) atoms. The first-order valence-electron chi connectivity index (χ1n) is 4.76. The van der Waals surface area contributed by atoms with E-state index >= 15 is 0 Å². The van der Waals surface area contributed by atoms with Crippen LogP contribution in [0, 0.1) is 0 Å². The lowest BCUT2D eigenvalue weighted by atomic mass is 10.1. The van der Waals surface area contributed by atoms with Gasteiger partial charge in [-0.05, 0) is 18.2 Å². The molecule has 6 heteroatoms. The lowest BCUT2D eigenvalue weighted by Crippen LogP contribution is -2.04. The van der Waals surface area contributed by atoms with Gasteiger partial charge in [-0.3, -0.25) is 0 Å². The molecular formula is C11H9F2NO3. The molecule has 0 saturated heterocycles. The highest BCUT2D eigenvalue weighted by Crippen LogP contribution is 2.33. The average Bonchev–Trinajstić information content (AvgIpc) is 2.51. The van der Waals surface area contributed by atoms with Crippen molar-refractivity contribution in [2.24, 2.45) is 7.05 Å². The second-order valence-corrected chi connectivity index (χ2v) is 3.63. The molecule has 0 fully saturated rings. The molecule has 0 atom stereocenters. The van der Waals surface area contributed by atoms with E-state index in [4.69, 9.17) is 5.11 Å². The molecule has 0 aliphatic rings. The normalized spacial score (nSPS) is 11.3. The molecule has 0 bridgehead atoms. The first-order chi connectivity index (χ1) is 7.93. The number of carboxylic acid groups (broad SMARTS) is 1. The molecule has 0 aliphatic carbocycles. The van der Waals surface area contributed by atoms with Gasteiger partial charge in [0.1, 0.15) is 5.75 Å². The van der Waals surface area contributed by atoms with Crippen molar-refractivity contribution < 1.29 is 23.8 Å². The predicted molar refractivity (Wildman–Crippen MR) is 56.5 cm³/mol. The molecule has 0 saturated carbocycles. The first-order valence-corrected chi connectivity index (χ1v) is 4.76. The van der Waals surface area contributed by atoms with E-state index in [0.717, 1.165) is 4.57 Å². The Bertz CT molecular complexity index is 604. The summed E-state index contributed by atoms with van der Waals surface area (Å²) in [6, 6.07) is 3.90. The minimum Gasteiger partial charge on any atom is -0.508 e. The number of nitrogens with zero attached hydrogens (tertiary/aromatic N) is 1. The zero-order valence-electron chi connectivity index (χ0n) is 8.82. The molecule has 0 amide bonds. The number of aromatic hydroxyl groups is 1. The third-order valence-corrected chi connectivity index (χ3v) is 2.65. The van der Waals surface area contributed by atoms with Crippen LogP contribution in [0.5, 0.6) is 5.75 Å². The fourth-order valence-corrected chi connectivity index (χ4v) is 1.93. The second kappa shape index (κ2) is 3.73. The second-order valence-electron chi connectivity index (χ2n) is 3.63. The lowest BCUT2D eigenvalue weighted by molar-refractivity contribution is 0.0684. The fraction of sp³-hybridized carbons (Fsp3) is 0.182. The number of aryl methyl sites for hydroxylation is 1. The van der Waals surface area contributed by atoms with E-state index in [2.05, 4.69) is 0 Å². The van der Waals surface area contributed by atoms with Crippen LogP contribution in [0.1, 0.15) is 22.5 Å². The Balaban J connectivity index is 2.93. The quantitative estimate of drug-likeness (QED) is 0.849. The summed E-state index contributed by atoms with van der Waals surface area (Å²) in [4.78, 5) is 11.0.